The van der Waals surface area contributed by atoms with Crippen molar-refractivity contribution in [3.63, 3.8) is 0 Å². The van der Waals surface area contributed by atoms with Crippen LogP contribution in [-0.2, 0) is 16.1 Å². The van der Waals surface area contributed by atoms with Crippen LogP contribution in [0.15, 0.2) is 91.1 Å². The van der Waals surface area contributed by atoms with Crippen molar-refractivity contribution in [3.05, 3.63) is 108 Å². The summed E-state index contributed by atoms with van der Waals surface area (Å²) in [6.45, 7) is 1.00. The van der Waals surface area contributed by atoms with Gasteiger partial charge in [-0.3, -0.25) is 9.59 Å². The monoisotopic (exact) mass is 478 g/mol. The Balaban J connectivity index is 1.27. The van der Waals surface area contributed by atoms with Crippen molar-refractivity contribution < 1.29 is 9.59 Å². The number of likely N-dealkylation sites (tertiary alicyclic amines) is 1. The van der Waals surface area contributed by atoms with Gasteiger partial charge in [0.2, 0.25) is 11.8 Å². The van der Waals surface area contributed by atoms with Crippen LogP contribution < -0.4 is 11.1 Å². The molecule has 2 heterocycles. The minimum absolute atomic E-state index is 0.0130. The normalized spacial score (nSPS) is 15.4. The lowest BCUT2D eigenvalue weighted by Crippen LogP contribution is -2.46. The topological polar surface area (TPSA) is 88.3 Å². The van der Waals surface area contributed by atoms with Crippen LogP contribution in [0.5, 0.6) is 0 Å². The summed E-state index contributed by atoms with van der Waals surface area (Å²) in [5.74, 6) is 0.349. The molecule has 0 bridgehead atoms. The molecule has 4 aromatic rings. The molecule has 6 heteroatoms. The molecule has 0 radical (unpaired) electrons. The standard InChI is InChI=1S/C30H30N4O2/c31-29-25-14-13-21(18-24(25)15-16-32-29)20-33-30(36)27-12-7-17-34(27)28(35)19-26(22-8-3-1-4-9-22)23-10-5-2-6-11-23/h1-6,8-11,13-16,18,26-27H,7,12,17,19-20H2,(H2,31,32)(H,33,36)/t27-/m0/s1. The average molecular weight is 479 g/mol. The van der Waals surface area contributed by atoms with E-state index in [9.17, 15) is 9.59 Å². The molecule has 1 fully saturated rings. The average Bonchev–Trinajstić information content (AvgIpc) is 3.42. The maximum Gasteiger partial charge on any atom is 0.243 e. The number of anilines is 1. The summed E-state index contributed by atoms with van der Waals surface area (Å²) in [7, 11) is 0. The number of amides is 2. The SMILES string of the molecule is Nc1nccc2cc(CNC(=O)[C@@H]3CCCN3C(=O)CC(c3ccccc3)c3ccccc3)ccc12. The number of rotatable bonds is 7. The van der Waals surface area contributed by atoms with E-state index in [-0.39, 0.29) is 17.7 Å². The van der Waals surface area contributed by atoms with Crippen LogP contribution in [0.25, 0.3) is 10.8 Å². The molecule has 2 amide bonds. The Morgan fingerprint density at radius 1 is 0.972 bits per heavy atom. The minimum Gasteiger partial charge on any atom is -0.383 e. The molecule has 182 valence electrons. The highest BCUT2D eigenvalue weighted by molar-refractivity contribution is 5.91. The van der Waals surface area contributed by atoms with Gasteiger partial charge in [-0.1, -0.05) is 72.8 Å². The number of hydrogen-bond acceptors (Lipinski definition) is 4. The summed E-state index contributed by atoms with van der Waals surface area (Å²) < 4.78 is 0. The van der Waals surface area contributed by atoms with Crippen LogP contribution >= 0.6 is 0 Å². The zero-order valence-electron chi connectivity index (χ0n) is 20.1. The van der Waals surface area contributed by atoms with Crippen LogP contribution in [-0.4, -0.2) is 34.3 Å². The molecule has 1 aliphatic rings. The Labute approximate surface area is 211 Å². The number of aromatic nitrogens is 1. The van der Waals surface area contributed by atoms with Gasteiger partial charge < -0.3 is 16.0 Å². The lowest BCUT2D eigenvalue weighted by Gasteiger charge is -2.27. The smallest absolute Gasteiger partial charge is 0.243 e. The van der Waals surface area contributed by atoms with Gasteiger partial charge in [-0.05, 0) is 47.1 Å². The molecule has 0 spiro atoms. The molecular formula is C30H30N4O2. The van der Waals surface area contributed by atoms with Gasteiger partial charge in [-0.15, -0.1) is 0 Å². The van der Waals surface area contributed by atoms with Crippen molar-refractivity contribution in [3.8, 4) is 0 Å². The van der Waals surface area contributed by atoms with Crippen molar-refractivity contribution in [1.82, 2.24) is 15.2 Å². The third-order valence-electron chi connectivity index (χ3n) is 6.98. The third kappa shape index (κ3) is 5.08. The molecule has 0 saturated carbocycles. The summed E-state index contributed by atoms with van der Waals surface area (Å²) in [5.41, 5.74) is 9.12. The van der Waals surface area contributed by atoms with Gasteiger partial charge in [-0.2, -0.15) is 0 Å². The molecule has 1 aromatic heterocycles. The van der Waals surface area contributed by atoms with E-state index in [4.69, 9.17) is 5.73 Å². The molecule has 6 nitrogen and oxygen atoms in total. The van der Waals surface area contributed by atoms with E-state index in [2.05, 4.69) is 34.6 Å². The van der Waals surface area contributed by atoms with Gasteiger partial charge in [0, 0.05) is 37.0 Å². The fourth-order valence-corrected chi connectivity index (χ4v) is 5.10. The molecule has 1 aliphatic heterocycles. The van der Waals surface area contributed by atoms with Crippen molar-refractivity contribution in [2.24, 2.45) is 0 Å². The number of nitrogens with one attached hydrogen (secondary N) is 1. The number of benzene rings is 3. The highest BCUT2D eigenvalue weighted by atomic mass is 16.2. The largest absolute Gasteiger partial charge is 0.383 e. The first kappa shape index (κ1) is 23.5. The zero-order valence-corrected chi connectivity index (χ0v) is 20.1. The third-order valence-corrected chi connectivity index (χ3v) is 6.98. The van der Waals surface area contributed by atoms with E-state index < -0.39 is 6.04 Å². The van der Waals surface area contributed by atoms with E-state index in [1.807, 2.05) is 60.7 Å². The minimum atomic E-state index is -0.440. The lowest BCUT2D eigenvalue weighted by molar-refractivity contribution is -0.138. The predicted octanol–water partition coefficient (Wildman–Crippen LogP) is 4.65. The summed E-state index contributed by atoms with van der Waals surface area (Å²) in [6.07, 6.45) is 3.52. The van der Waals surface area contributed by atoms with Crippen LogP contribution in [0, 0.1) is 0 Å². The molecule has 3 aromatic carbocycles. The maximum atomic E-state index is 13.5. The van der Waals surface area contributed by atoms with Gasteiger partial charge in [0.25, 0.3) is 0 Å². The van der Waals surface area contributed by atoms with E-state index >= 15 is 0 Å². The van der Waals surface area contributed by atoms with Gasteiger partial charge in [-0.25, -0.2) is 4.98 Å². The van der Waals surface area contributed by atoms with Gasteiger partial charge in [0.15, 0.2) is 0 Å². The Bertz CT molecular complexity index is 1320. The summed E-state index contributed by atoms with van der Waals surface area (Å²) in [4.78, 5) is 32.5. The number of nitrogen functional groups attached to an aromatic ring is 1. The quantitative estimate of drug-likeness (QED) is 0.405. The van der Waals surface area contributed by atoms with Crippen molar-refractivity contribution >= 4 is 28.4 Å². The number of pyridine rings is 1. The van der Waals surface area contributed by atoms with E-state index in [0.29, 0.717) is 31.7 Å². The molecule has 0 unspecified atom stereocenters. The van der Waals surface area contributed by atoms with Crippen LogP contribution in [0.1, 0.15) is 41.9 Å². The van der Waals surface area contributed by atoms with E-state index in [1.54, 1.807) is 11.1 Å². The van der Waals surface area contributed by atoms with E-state index in [0.717, 1.165) is 33.9 Å². The summed E-state index contributed by atoms with van der Waals surface area (Å²) in [5, 5.41) is 4.92. The van der Waals surface area contributed by atoms with Crippen LogP contribution in [0.3, 0.4) is 0 Å². The van der Waals surface area contributed by atoms with Gasteiger partial charge in [0.1, 0.15) is 11.9 Å². The van der Waals surface area contributed by atoms with Gasteiger partial charge >= 0.3 is 0 Å². The number of fused-ring (bicyclic) bond motifs is 1. The Hall–Kier alpha value is -4.19. The Morgan fingerprint density at radius 2 is 1.67 bits per heavy atom. The number of nitrogens with zero attached hydrogens (tertiary/aromatic N) is 2. The predicted molar refractivity (Wildman–Crippen MR) is 142 cm³/mol. The second-order valence-electron chi connectivity index (χ2n) is 9.29. The first-order valence-electron chi connectivity index (χ1n) is 12.4. The van der Waals surface area contributed by atoms with Crippen LogP contribution in [0.4, 0.5) is 5.82 Å². The fourth-order valence-electron chi connectivity index (χ4n) is 5.10. The van der Waals surface area contributed by atoms with E-state index in [1.165, 1.54) is 0 Å². The zero-order chi connectivity index (χ0) is 24.9. The highest BCUT2D eigenvalue weighted by Crippen LogP contribution is 2.30. The number of carbonyl (C=O) groups excluding carboxylic acids is 2. The number of hydrogen-bond donors (Lipinski definition) is 2. The van der Waals surface area contributed by atoms with Crippen molar-refractivity contribution in [2.75, 3.05) is 12.3 Å². The fraction of sp³-hybridized carbons (Fsp3) is 0.233. The molecule has 3 N–H and O–H groups in total. The lowest BCUT2D eigenvalue weighted by atomic mass is 9.88. The molecule has 5 rings (SSSR count). The number of nitrogens with two attached hydrogens (primary N) is 1. The van der Waals surface area contributed by atoms with Crippen molar-refractivity contribution in [2.45, 2.75) is 37.8 Å². The second kappa shape index (κ2) is 10.6. The van der Waals surface area contributed by atoms with Crippen LogP contribution in [0.2, 0.25) is 0 Å². The molecular weight excluding hydrogens is 448 g/mol. The first-order valence-corrected chi connectivity index (χ1v) is 12.4. The Kier molecular flexibility index (Phi) is 6.94. The second-order valence-corrected chi connectivity index (χ2v) is 9.29. The summed E-state index contributed by atoms with van der Waals surface area (Å²) >= 11 is 0. The first-order chi connectivity index (χ1) is 17.6. The Morgan fingerprint density at radius 3 is 2.36 bits per heavy atom. The maximum absolute atomic E-state index is 13.5. The molecule has 0 aliphatic carbocycles. The highest BCUT2D eigenvalue weighted by Gasteiger charge is 2.35. The van der Waals surface area contributed by atoms with Crippen molar-refractivity contribution in [1.29, 1.82) is 0 Å². The number of carbonyl (C=O) groups is 2. The summed E-state index contributed by atoms with van der Waals surface area (Å²) in [6, 6.07) is 27.6. The molecule has 1 saturated heterocycles. The molecule has 36 heavy (non-hydrogen) atoms. The van der Waals surface area contributed by atoms with Gasteiger partial charge in [0.05, 0.1) is 0 Å². The molecule has 1 atom stereocenters.